The smallest absolute Gasteiger partial charge is 0.318 e. The molecule has 1 unspecified atom stereocenters. The van der Waals surface area contributed by atoms with Crippen LogP contribution in [-0.4, -0.2) is 23.3 Å². The van der Waals surface area contributed by atoms with E-state index < -0.39 is 0 Å². The predicted molar refractivity (Wildman–Crippen MR) is 56.6 cm³/mol. The van der Waals surface area contributed by atoms with Gasteiger partial charge in [0.25, 0.3) is 0 Å². The Labute approximate surface area is 89.3 Å². The van der Waals surface area contributed by atoms with Gasteiger partial charge >= 0.3 is 6.01 Å². The molecule has 14 heavy (non-hydrogen) atoms. The van der Waals surface area contributed by atoms with Crippen molar-refractivity contribution in [2.75, 3.05) is 11.9 Å². The van der Waals surface area contributed by atoms with Crippen LogP contribution < -0.4 is 4.90 Å². The number of hydrogen-bond acceptors (Lipinski definition) is 4. The Morgan fingerprint density at radius 3 is 2.43 bits per heavy atom. The lowest BCUT2D eigenvalue weighted by molar-refractivity contribution is 0.446. The molecule has 1 atom stereocenters. The molecule has 0 aliphatic heterocycles. The summed E-state index contributed by atoms with van der Waals surface area (Å²) in [4.78, 5) is 1.97. The van der Waals surface area contributed by atoms with E-state index in [-0.39, 0.29) is 5.88 Å². The van der Waals surface area contributed by atoms with Crippen molar-refractivity contribution in [3.63, 3.8) is 0 Å². The van der Waals surface area contributed by atoms with Crippen LogP contribution in [0.2, 0.25) is 0 Å². The molecule has 0 bridgehead atoms. The standard InChI is InChI=1S/C9H16ClN3O/c1-6(2)7(3)13(4)9-12-11-8(5-10)14-9/h6-7H,5H2,1-4H3. The van der Waals surface area contributed by atoms with E-state index in [1.165, 1.54) is 0 Å². The summed E-state index contributed by atoms with van der Waals surface area (Å²) in [7, 11) is 1.94. The minimum Gasteiger partial charge on any atom is -0.407 e. The molecule has 80 valence electrons. The lowest BCUT2D eigenvalue weighted by Gasteiger charge is -2.25. The number of alkyl halides is 1. The second-order valence-electron chi connectivity index (χ2n) is 3.71. The van der Waals surface area contributed by atoms with Crippen LogP contribution >= 0.6 is 11.6 Å². The third-order valence-corrected chi connectivity index (χ3v) is 2.68. The normalized spacial score (nSPS) is 13.3. The molecule has 0 saturated carbocycles. The second kappa shape index (κ2) is 4.64. The Hall–Kier alpha value is -0.770. The summed E-state index contributed by atoms with van der Waals surface area (Å²) in [5.74, 6) is 1.26. The summed E-state index contributed by atoms with van der Waals surface area (Å²) in [5.41, 5.74) is 0. The van der Waals surface area contributed by atoms with E-state index in [1.807, 2.05) is 11.9 Å². The zero-order chi connectivity index (χ0) is 10.7. The molecule has 0 aromatic carbocycles. The predicted octanol–water partition coefficient (Wildman–Crippen LogP) is 2.29. The summed E-state index contributed by atoms with van der Waals surface area (Å²) in [5, 5.41) is 7.72. The van der Waals surface area contributed by atoms with E-state index in [9.17, 15) is 0 Å². The number of nitrogens with zero attached hydrogens (tertiary/aromatic N) is 3. The molecule has 1 rings (SSSR count). The van der Waals surface area contributed by atoms with E-state index in [0.717, 1.165) is 0 Å². The van der Waals surface area contributed by atoms with E-state index in [1.54, 1.807) is 0 Å². The average Bonchev–Trinajstić information content (AvgIpc) is 2.63. The minimum atomic E-state index is 0.261. The molecule has 0 amide bonds. The Morgan fingerprint density at radius 2 is 2.00 bits per heavy atom. The molecule has 0 N–H and O–H groups in total. The van der Waals surface area contributed by atoms with Crippen LogP contribution in [0.4, 0.5) is 6.01 Å². The van der Waals surface area contributed by atoms with Crippen molar-refractivity contribution < 1.29 is 4.42 Å². The summed E-state index contributed by atoms with van der Waals surface area (Å²) >= 11 is 5.57. The van der Waals surface area contributed by atoms with Gasteiger partial charge in [-0.15, -0.1) is 16.7 Å². The highest BCUT2D eigenvalue weighted by Gasteiger charge is 2.18. The fraction of sp³-hybridized carbons (Fsp3) is 0.778. The number of aromatic nitrogens is 2. The number of hydrogen-bond donors (Lipinski definition) is 0. The van der Waals surface area contributed by atoms with Gasteiger partial charge in [0, 0.05) is 13.1 Å². The quantitative estimate of drug-likeness (QED) is 0.726. The van der Waals surface area contributed by atoms with Gasteiger partial charge in [0.2, 0.25) is 5.89 Å². The van der Waals surface area contributed by atoms with Crippen LogP contribution in [0.1, 0.15) is 26.7 Å². The highest BCUT2D eigenvalue weighted by atomic mass is 35.5. The second-order valence-corrected chi connectivity index (χ2v) is 3.97. The average molecular weight is 218 g/mol. The van der Waals surface area contributed by atoms with Crippen molar-refractivity contribution in [2.24, 2.45) is 5.92 Å². The van der Waals surface area contributed by atoms with E-state index in [4.69, 9.17) is 16.0 Å². The van der Waals surface area contributed by atoms with Gasteiger partial charge in [-0.1, -0.05) is 18.9 Å². The molecule has 0 aliphatic carbocycles. The van der Waals surface area contributed by atoms with Crippen molar-refractivity contribution in [3.8, 4) is 0 Å². The fourth-order valence-electron chi connectivity index (χ4n) is 1.06. The first-order valence-electron chi connectivity index (χ1n) is 4.67. The third kappa shape index (κ3) is 2.38. The Morgan fingerprint density at radius 1 is 1.36 bits per heavy atom. The van der Waals surface area contributed by atoms with Crippen LogP contribution in [0, 0.1) is 5.92 Å². The Bertz CT molecular complexity index is 287. The Balaban J connectivity index is 2.73. The van der Waals surface area contributed by atoms with Crippen molar-refractivity contribution in [3.05, 3.63) is 5.89 Å². The van der Waals surface area contributed by atoms with E-state index in [2.05, 4.69) is 31.0 Å². The molecule has 4 nitrogen and oxygen atoms in total. The van der Waals surface area contributed by atoms with Crippen LogP contribution in [0.3, 0.4) is 0 Å². The van der Waals surface area contributed by atoms with Gasteiger partial charge in [-0.2, -0.15) is 0 Å². The third-order valence-electron chi connectivity index (χ3n) is 2.45. The molecule has 1 aromatic heterocycles. The number of rotatable bonds is 4. The van der Waals surface area contributed by atoms with Crippen LogP contribution in [0.25, 0.3) is 0 Å². The molecule has 5 heteroatoms. The van der Waals surface area contributed by atoms with Gasteiger partial charge in [0.05, 0.1) is 0 Å². The summed E-state index contributed by atoms with van der Waals surface area (Å²) in [6.45, 7) is 6.43. The van der Waals surface area contributed by atoms with E-state index >= 15 is 0 Å². The first kappa shape index (κ1) is 11.3. The highest BCUT2D eigenvalue weighted by Crippen LogP contribution is 2.17. The van der Waals surface area contributed by atoms with E-state index in [0.29, 0.717) is 23.9 Å². The first-order chi connectivity index (χ1) is 6.56. The SMILES string of the molecule is CC(C)C(C)N(C)c1nnc(CCl)o1. The van der Waals surface area contributed by atoms with Gasteiger partial charge in [-0.3, -0.25) is 0 Å². The molecular weight excluding hydrogens is 202 g/mol. The molecule has 0 aliphatic rings. The van der Waals surface area contributed by atoms with Crippen molar-refractivity contribution in [1.29, 1.82) is 0 Å². The maximum absolute atomic E-state index is 5.57. The van der Waals surface area contributed by atoms with Gasteiger partial charge in [-0.25, -0.2) is 0 Å². The summed E-state index contributed by atoms with van der Waals surface area (Å²) in [6, 6.07) is 0.889. The van der Waals surface area contributed by atoms with Crippen molar-refractivity contribution in [2.45, 2.75) is 32.7 Å². The lowest BCUT2D eigenvalue weighted by Crippen LogP contribution is -2.33. The molecule has 0 fully saturated rings. The summed E-state index contributed by atoms with van der Waals surface area (Å²) < 4.78 is 5.34. The van der Waals surface area contributed by atoms with Gasteiger partial charge in [0.15, 0.2) is 0 Å². The van der Waals surface area contributed by atoms with Crippen LogP contribution in [-0.2, 0) is 5.88 Å². The fourth-order valence-corrected chi connectivity index (χ4v) is 1.17. The number of anilines is 1. The first-order valence-corrected chi connectivity index (χ1v) is 5.21. The minimum absolute atomic E-state index is 0.261. The van der Waals surface area contributed by atoms with Gasteiger partial charge in [0.1, 0.15) is 5.88 Å². The zero-order valence-electron chi connectivity index (χ0n) is 8.99. The maximum atomic E-state index is 5.57. The molecule has 0 spiro atoms. The monoisotopic (exact) mass is 217 g/mol. The highest BCUT2D eigenvalue weighted by molar-refractivity contribution is 6.16. The van der Waals surface area contributed by atoms with Crippen LogP contribution in [0.5, 0.6) is 0 Å². The van der Waals surface area contributed by atoms with Crippen molar-refractivity contribution in [1.82, 2.24) is 10.2 Å². The lowest BCUT2D eigenvalue weighted by atomic mass is 10.1. The molecule has 1 aromatic rings. The zero-order valence-corrected chi connectivity index (χ0v) is 9.75. The molecular formula is C9H16ClN3O. The maximum Gasteiger partial charge on any atom is 0.318 e. The summed E-state index contributed by atoms with van der Waals surface area (Å²) in [6.07, 6.45) is 0. The molecule has 0 saturated heterocycles. The molecule has 1 heterocycles. The number of halogens is 1. The van der Waals surface area contributed by atoms with Gasteiger partial charge in [-0.05, 0) is 12.8 Å². The topological polar surface area (TPSA) is 42.2 Å². The van der Waals surface area contributed by atoms with Gasteiger partial charge < -0.3 is 9.32 Å². The van der Waals surface area contributed by atoms with Crippen molar-refractivity contribution >= 4 is 17.6 Å². The Kier molecular flexibility index (Phi) is 3.75. The molecule has 0 radical (unpaired) electrons. The largest absolute Gasteiger partial charge is 0.407 e. The van der Waals surface area contributed by atoms with Crippen LogP contribution in [0.15, 0.2) is 4.42 Å².